The first-order chi connectivity index (χ1) is 7.33. The quantitative estimate of drug-likeness (QED) is 0.591. The fourth-order valence-corrected chi connectivity index (χ4v) is 1.04. The Balaban J connectivity index is 2.71. The summed E-state index contributed by atoms with van der Waals surface area (Å²) in [7, 11) is 5.35. The molecule has 0 saturated carbocycles. The molecular formula is C9H6BClF4O. The first kappa shape index (κ1) is 13.2. The van der Waals surface area contributed by atoms with Crippen LogP contribution >= 0.6 is 11.6 Å². The molecule has 0 unspecified atom stereocenters. The van der Waals surface area contributed by atoms with Gasteiger partial charge < -0.3 is 4.74 Å². The van der Waals surface area contributed by atoms with Gasteiger partial charge in [0.1, 0.15) is 13.6 Å². The van der Waals surface area contributed by atoms with Crippen molar-refractivity contribution in [1.82, 2.24) is 0 Å². The van der Waals surface area contributed by atoms with Crippen molar-refractivity contribution in [2.24, 2.45) is 0 Å². The van der Waals surface area contributed by atoms with E-state index in [2.05, 4.69) is 4.74 Å². The Morgan fingerprint density at radius 2 is 2.00 bits per heavy atom. The fourth-order valence-electron chi connectivity index (χ4n) is 0.868. The minimum Gasteiger partial charge on any atom is -0.486 e. The second-order valence-electron chi connectivity index (χ2n) is 3.04. The van der Waals surface area contributed by atoms with Gasteiger partial charge in [-0.2, -0.15) is 8.78 Å². The highest BCUT2D eigenvalue weighted by molar-refractivity contribution is 6.35. The molecule has 16 heavy (non-hydrogen) atoms. The van der Waals surface area contributed by atoms with Gasteiger partial charge in [-0.15, -0.1) is 0 Å². The van der Waals surface area contributed by atoms with Gasteiger partial charge in [0, 0.05) is 0 Å². The lowest BCUT2D eigenvalue weighted by molar-refractivity contribution is -0.148. The van der Waals surface area contributed by atoms with Crippen LogP contribution in [0.2, 0.25) is 5.02 Å². The highest BCUT2D eigenvalue weighted by Gasteiger charge is 2.41. The van der Waals surface area contributed by atoms with Gasteiger partial charge in [-0.3, -0.25) is 0 Å². The Labute approximate surface area is 95.8 Å². The molecule has 0 heterocycles. The first-order valence-corrected chi connectivity index (χ1v) is 4.54. The normalized spacial score (nSPS) is 11.9. The number of hydrogen-bond acceptors (Lipinski definition) is 1. The number of alkyl halides is 4. The predicted octanol–water partition coefficient (Wildman–Crippen LogP) is 2.41. The molecule has 0 amide bonds. The molecule has 0 aliphatic heterocycles. The summed E-state index contributed by atoms with van der Waals surface area (Å²) in [4.78, 5) is 0. The summed E-state index contributed by atoms with van der Waals surface area (Å²) in [5.74, 6) is -4.37. The SMILES string of the molecule is [B]c1ccc(Cl)c(OCC(F)(F)C(F)F)c1. The molecule has 0 atom stereocenters. The van der Waals surface area contributed by atoms with Crippen LogP contribution < -0.4 is 10.2 Å². The van der Waals surface area contributed by atoms with Crippen molar-refractivity contribution in [3.05, 3.63) is 23.2 Å². The third-order valence-corrected chi connectivity index (χ3v) is 2.01. The Morgan fingerprint density at radius 3 is 2.56 bits per heavy atom. The van der Waals surface area contributed by atoms with Gasteiger partial charge in [-0.05, 0) is 12.1 Å². The molecule has 1 aromatic carbocycles. The molecule has 0 spiro atoms. The smallest absolute Gasteiger partial charge is 0.340 e. The van der Waals surface area contributed by atoms with Gasteiger partial charge in [-0.25, -0.2) is 8.78 Å². The minimum atomic E-state index is -4.21. The highest BCUT2D eigenvalue weighted by Crippen LogP contribution is 2.27. The van der Waals surface area contributed by atoms with Gasteiger partial charge in [0.2, 0.25) is 0 Å². The van der Waals surface area contributed by atoms with E-state index in [4.69, 9.17) is 19.4 Å². The topological polar surface area (TPSA) is 9.23 Å². The molecule has 0 saturated heterocycles. The molecular weight excluding hydrogens is 246 g/mol. The molecule has 86 valence electrons. The zero-order valence-electron chi connectivity index (χ0n) is 7.89. The van der Waals surface area contributed by atoms with E-state index in [1.807, 2.05) is 0 Å². The average molecular weight is 252 g/mol. The summed E-state index contributed by atoms with van der Waals surface area (Å²) in [6.45, 7) is -1.45. The van der Waals surface area contributed by atoms with Gasteiger partial charge in [0.25, 0.3) is 0 Å². The summed E-state index contributed by atoms with van der Waals surface area (Å²) >= 11 is 5.59. The van der Waals surface area contributed by atoms with Crippen LogP contribution in [-0.2, 0) is 0 Å². The third kappa shape index (κ3) is 3.30. The van der Waals surface area contributed by atoms with Crippen molar-refractivity contribution >= 4 is 24.9 Å². The van der Waals surface area contributed by atoms with Crippen LogP contribution in [0.25, 0.3) is 0 Å². The van der Waals surface area contributed by atoms with E-state index in [0.717, 1.165) is 0 Å². The van der Waals surface area contributed by atoms with Gasteiger partial charge in [-0.1, -0.05) is 23.1 Å². The molecule has 0 bridgehead atoms. The lowest BCUT2D eigenvalue weighted by Crippen LogP contribution is -2.33. The number of benzene rings is 1. The van der Waals surface area contributed by atoms with Crippen LogP contribution in [0.4, 0.5) is 17.6 Å². The van der Waals surface area contributed by atoms with Crippen LogP contribution in [0.15, 0.2) is 18.2 Å². The van der Waals surface area contributed by atoms with Gasteiger partial charge >= 0.3 is 12.3 Å². The number of hydrogen-bond donors (Lipinski definition) is 0. The Morgan fingerprint density at radius 1 is 1.38 bits per heavy atom. The largest absolute Gasteiger partial charge is 0.486 e. The van der Waals surface area contributed by atoms with Crippen molar-refractivity contribution in [3.63, 3.8) is 0 Å². The van der Waals surface area contributed by atoms with Crippen molar-refractivity contribution in [3.8, 4) is 5.75 Å². The zero-order chi connectivity index (χ0) is 12.3. The van der Waals surface area contributed by atoms with Crippen molar-refractivity contribution in [1.29, 1.82) is 0 Å². The van der Waals surface area contributed by atoms with Crippen LogP contribution in [0.3, 0.4) is 0 Å². The predicted molar refractivity (Wildman–Crippen MR) is 53.3 cm³/mol. The molecule has 0 aliphatic carbocycles. The molecule has 0 aliphatic rings. The zero-order valence-corrected chi connectivity index (χ0v) is 8.65. The van der Waals surface area contributed by atoms with Gasteiger partial charge in [0.15, 0.2) is 6.61 Å². The monoisotopic (exact) mass is 252 g/mol. The lowest BCUT2D eigenvalue weighted by atomic mass is 9.96. The maximum Gasteiger partial charge on any atom is 0.340 e. The minimum absolute atomic E-state index is 0.0271. The molecule has 7 heteroatoms. The second kappa shape index (κ2) is 4.95. The van der Waals surface area contributed by atoms with Crippen molar-refractivity contribution < 1.29 is 22.3 Å². The number of rotatable bonds is 4. The number of halogens is 5. The summed E-state index contributed by atoms with van der Waals surface area (Å²) in [5.41, 5.74) is 0.236. The van der Waals surface area contributed by atoms with Crippen LogP contribution in [-0.4, -0.2) is 26.8 Å². The molecule has 1 aromatic rings. The molecule has 2 radical (unpaired) electrons. The van der Waals surface area contributed by atoms with Crippen molar-refractivity contribution in [2.75, 3.05) is 6.61 Å². The maximum absolute atomic E-state index is 12.5. The Kier molecular flexibility index (Phi) is 4.07. The van der Waals surface area contributed by atoms with E-state index >= 15 is 0 Å². The summed E-state index contributed by atoms with van der Waals surface area (Å²) in [6.07, 6.45) is -3.78. The van der Waals surface area contributed by atoms with Crippen molar-refractivity contribution in [2.45, 2.75) is 12.3 Å². The summed E-state index contributed by atoms with van der Waals surface area (Å²) in [5, 5.41) is 0.0271. The highest BCUT2D eigenvalue weighted by atomic mass is 35.5. The van der Waals surface area contributed by atoms with E-state index in [9.17, 15) is 17.6 Å². The number of ether oxygens (including phenoxy) is 1. The molecule has 1 rings (SSSR count). The molecule has 0 N–H and O–H groups in total. The molecule has 0 fully saturated rings. The fraction of sp³-hybridized carbons (Fsp3) is 0.333. The third-order valence-electron chi connectivity index (χ3n) is 1.69. The lowest BCUT2D eigenvalue weighted by Gasteiger charge is -2.16. The summed E-state index contributed by atoms with van der Waals surface area (Å²) in [6, 6.07) is 3.94. The molecule has 1 nitrogen and oxygen atoms in total. The van der Waals surface area contributed by atoms with E-state index in [0.29, 0.717) is 0 Å². The van der Waals surface area contributed by atoms with E-state index < -0.39 is 19.0 Å². The summed E-state index contributed by atoms with van der Waals surface area (Å²) < 4.78 is 53.1. The van der Waals surface area contributed by atoms with Crippen LogP contribution in [0, 0.1) is 0 Å². The van der Waals surface area contributed by atoms with E-state index in [-0.39, 0.29) is 16.2 Å². The van der Waals surface area contributed by atoms with Crippen LogP contribution in [0.5, 0.6) is 5.75 Å². The van der Waals surface area contributed by atoms with E-state index in [1.54, 1.807) is 0 Å². The van der Waals surface area contributed by atoms with Crippen LogP contribution in [0.1, 0.15) is 0 Å². The molecule has 0 aromatic heterocycles. The standard InChI is InChI=1S/C9H6BClF4O/c10-5-1-2-6(11)7(3-5)16-4-9(14,15)8(12)13/h1-3,8H,4H2. The van der Waals surface area contributed by atoms with Gasteiger partial charge in [0.05, 0.1) is 5.02 Å². The average Bonchev–Trinajstić information content (AvgIpc) is 2.19. The first-order valence-electron chi connectivity index (χ1n) is 4.17. The Bertz CT molecular complexity index is 373. The Hall–Kier alpha value is -0.905. The second-order valence-corrected chi connectivity index (χ2v) is 3.45. The maximum atomic E-state index is 12.5. The van der Waals surface area contributed by atoms with E-state index in [1.165, 1.54) is 18.2 Å².